The van der Waals surface area contributed by atoms with Crippen molar-refractivity contribution in [2.24, 2.45) is 0 Å². The van der Waals surface area contributed by atoms with E-state index in [2.05, 4.69) is 11.8 Å². The lowest BCUT2D eigenvalue weighted by Gasteiger charge is -2.17. The molecule has 0 atom stereocenters. The highest BCUT2D eigenvalue weighted by molar-refractivity contribution is 5.47. The fraction of sp³-hybridized carbons (Fsp3) is 0.200. The summed E-state index contributed by atoms with van der Waals surface area (Å²) >= 11 is 0. The van der Waals surface area contributed by atoms with Crippen molar-refractivity contribution in [1.82, 2.24) is 0 Å². The minimum atomic E-state index is -0.383. The summed E-state index contributed by atoms with van der Waals surface area (Å²) in [5, 5.41) is 0. The first kappa shape index (κ1) is 15.4. The lowest BCUT2D eigenvalue weighted by Crippen LogP contribution is -2.09. The fourth-order valence-electron chi connectivity index (χ4n) is 2.28. The number of hydrogen-bond donors (Lipinski definition) is 0. The largest absolute Gasteiger partial charge is 0.497 e. The molecule has 0 fully saturated rings. The molecule has 0 aromatic heterocycles. The zero-order chi connectivity index (χ0) is 15.9. The first-order valence-corrected chi connectivity index (χ1v) is 7.50. The van der Waals surface area contributed by atoms with Crippen LogP contribution in [0.1, 0.15) is 23.0 Å². The molecule has 1 aliphatic rings. The van der Waals surface area contributed by atoms with Gasteiger partial charge in [0.1, 0.15) is 5.75 Å². The lowest BCUT2D eigenvalue weighted by molar-refractivity contribution is -0.126. The molecule has 0 radical (unpaired) electrons. The smallest absolute Gasteiger partial charge is 0.185 e. The minimum absolute atomic E-state index is 0.383. The maximum atomic E-state index is 5.72. The van der Waals surface area contributed by atoms with Crippen LogP contribution >= 0.6 is 0 Å². The SMILES string of the molecule is COc1ccc(C#Cc2ccccc2C2OCC=CCO2)cc1. The number of benzene rings is 2. The maximum absolute atomic E-state index is 5.72. The summed E-state index contributed by atoms with van der Waals surface area (Å²) in [6.07, 6.45) is 3.54. The molecule has 23 heavy (non-hydrogen) atoms. The summed E-state index contributed by atoms with van der Waals surface area (Å²) in [5.74, 6) is 7.21. The van der Waals surface area contributed by atoms with Crippen molar-refractivity contribution in [2.45, 2.75) is 6.29 Å². The first-order valence-electron chi connectivity index (χ1n) is 7.50. The Morgan fingerprint density at radius 3 is 2.30 bits per heavy atom. The molecule has 1 heterocycles. The van der Waals surface area contributed by atoms with Crippen LogP contribution in [0.2, 0.25) is 0 Å². The fourth-order valence-corrected chi connectivity index (χ4v) is 2.28. The summed E-state index contributed by atoms with van der Waals surface area (Å²) in [4.78, 5) is 0. The molecule has 3 nitrogen and oxygen atoms in total. The van der Waals surface area contributed by atoms with Gasteiger partial charge in [-0.2, -0.15) is 0 Å². The zero-order valence-electron chi connectivity index (χ0n) is 13.0. The van der Waals surface area contributed by atoms with Crippen LogP contribution in [0.5, 0.6) is 5.75 Å². The quantitative estimate of drug-likeness (QED) is 0.625. The Balaban J connectivity index is 1.84. The third kappa shape index (κ3) is 4.01. The summed E-state index contributed by atoms with van der Waals surface area (Å²) in [6.45, 7) is 1.09. The molecule has 3 rings (SSSR count). The molecule has 116 valence electrons. The van der Waals surface area contributed by atoms with E-state index in [1.807, 2.05) is 60.7 Å². The van der Waals surface area contributed by atoms with E-state index < -0.39 is 0 Å². The predicted molar refractivity (Wildman–Crippen MR) is 89.2 cm³/mol. The monoisotopic (exact) mass is 306 g/mol. The third-order valence-corrected chi connectivity index (χ3v) is 3.50. The van der Waals surface area contributed by atoms with Crippen LogP contribution in [0.4, 0.5) is 0 Å². The topological polar surface area (TPSA) is 27.7 Å². The van der Waals surface area contributed by atoms with Gasteiger partial charge in [-0.1, -0.05) is 42.2 Å². The van der Waals surface area contributed by atoms with Crippen LogP contribution < -0.4 is 4.74 Å². The van der Waals surface area contributed by atoms with Gasteiger partial charge in [0, 0.05) is 16.7 Å². The van der Waals surface area contributed by atoms with Crippen LogP contribution in [0.15, 0.2) is 60.7 Å². The average Bonchev–Trinajstić information content (AvgIpc) is 2.90. The highest BCUT2D eigenvalue weighted by Gasteiger charge is 2.16. The van der Waals surface area contributed by atoms with Crippen LogP contribution in [0.3, 0.4) is 0 Å². The molecule has 0 spiro atoms. The Bertz CT molecular complexity index is 725. The molecule has 0 saturated heterocycles. The van der Waals surface area contributed by atoms with Crippen molar-refractivity contribution in [2.75, 3.05) is 20.3 Å². The van der Waals surface area contributed by atoms with Crippen molar-refractivity contribution in [1.29, 1.82) is 0 Å². The molecule has 3 heteroatoms. The van der Waals surface area contributed by atoms with Crippen LogP contribution in [-0.4, -0.2) is 20.3 Å². The molecule has 1 aliphatic heterocycles. The summed E-state index contributed by atoms with van der Waals surface area (Å²) in [7, 11) is 1.65. The van der Waals surface area contributed by atoms with E-state index >= 15 is 0 Å². The molecular weight excluding hydrogens is 288 g/mol. The van der Waals surface area contributed by atoms with Crippen LogP contribution in [0, 0.1) is 11.8 Å². The molecule has 0 bridgehead atoms. The van der Waals surface area contributed by atoms with Gasteiger partial charge in [-0.25, -0.2) is 0 Å². The number of methoxy groups -OCH3 is 1. The van der Waals surface area contributed by atoms with Gasteiger partial charge >= 0.3 is 0 Å². The van der Waals surface area contributed by atoms with Gasteiger partial charge < -0.3 is 14.2 Å². The highest BCUT2D eigenvalue weighted by atomic mass is 16.7. The normalized spacial score (nSPS) is 14.7. The van der Waals surface area contributed by atoms with Gasteiger partial charge in [-0.15, -0.1) is 0 Å². The van der Waals surface area contributed by atoms with Gasteiger partial charge in [0.25, 0.3) is 0 Å². The summed E-state index contributed by atoms with van der Waals surface area (Å²) in [6, 6.07) is 15.6. The van der Waals surface area contributed by atoms with Crippen LogP contribution in [0.25, 0.3) is 0 Å². The molecule has 0 unspecified atom stereocenters. The highest BCUT2D eigenvalue weighted by Crippen LogP contribution is 2.24. The van der Waals surface area contributed by atoms with Gasteiger partial charge in [-0.05, 0) is 30.3 Å². The number of rotatable bonds is 2. The molecule has 0 N–H and O–H groups in total. The molecule has 0 amide bonds. The van der Waals surface area contributed by atoms with E-state index in [0.29, 0.717) is 13.2 Å². The minimum Gasteiger partial charge on any atom is -0.497 e. The van der Waals surface area contributed by atoms with Crippen molar-refractivity contribution < 1.29 is 14.2 Å². The third-order valence-electron chi connectivity index (χ3n) is 3.50. The Kier molecular flexibility index (Phi) is 5.10. The second-order valence-electron chi connectivity index (χ2n) is 5.04. The molecule has 2 aromatic carbocycles. The lowest BCUT2D eigenvalue weighted by atomic mass is 10.1. The standard InChI is InChI=1S/C20H18O3/c1-21-18-12-9-16(10-13-18)8-11-17-6-2-3-7-19(17)20-22-14-4-5-15-23-20/h2-7,9-10,12-13,20H,14-15H2,1H3. The van der Waals surface area contributed by atoms with E-state index in [1.54, 1.807) is 7.11 Å². The molecule has 0 saturated carbocycles. The Labute approximate surface area is 136 Å². The second kappa shape index (κ2) is 7.64. The van der Waals surface area contributed by atoms with Crippen molar-refractivity contribution in [3.8, 4) is 17.6 Å². The van der Waals surface area contributed by atoms with E-state index in [0.717, 1.165) is 22.4 Å². The van der Waals surface area contributed by atoms with Crippen LogP contribution in [-0.2, 0) is 9.47 Å². The van der Waals surface area contributed by atoms with Gasteiger partial charge in [-0.3, -0.25) is 0 Å². The van der Waals surface area contributed by atoms with E-state index in [4.69, 9.17) is 14.2 Å². The van der Waals surface area contributed by atoms with Crippen molar-refractivity contribution in [3.63, 3.8) is 0 Å². The Morgan fingerprint density at radius 1 is 0.913 bits per heavy atom. The number of ether oxygens (including phenoxy) is 3. The Hall–Kier alpha value is -2.54. The Morgan fingerprint density at radius 2 is 1.61 bits per heavy atom. The molecular formula is C20H18O3. The van der Waals surface area contributed by atoms with Crippen molar-refractivity contribution in [3.05, 3.63) is 77.4 Å². The molecule has 2 aromatic rings. The second-order valence-corrected chi connectivity index (χ2v) is 5.04. The van der Waals surface area contributed by atoms with E-state index in [-0.39, 0.29) is 6.29 Å². The summed E-state index contributed by atoms with van der Waals surface area (Å²) < 4.78 is 16.6. The average molecular weight is 306 g/mol. The maximum Gasteiger partial charge on any atom is 0.185 e. The van der Waals surface area contributed by atoms with E-state index in [9.17, 15) is 0 Å². The van der Waals surface area contributed by atoms with Gasteiger partial charge in [0.2, 0.25) is 0 Å². The van der Waals surface area contributed by atoms with Crippen molar-refractivity contribution >= 4 is 0 Å². The zero-order valence-corrected chi connectivity index (χ0v) is 13.0. The predicted octanol–water partition coefficient (Wildman–Crippen LogP) is 3.70. The van der Waals surface area contributed by atoms with Gasteiger partial charge in [0.15, 0.2) is 6.29 Å². The van der Waals surface area contributed by atoms with E-state index in [1.165, 1.54) is 0 Å². The first-order chi connectivity index (χ1) is 11.4. The van der Waals surface area contributed by atoms with Gasteiger partial charge in [0.05, 0.1) is 20.3 Å². The number of hydrogen-bond acceptors (Lipinski definition) is 3. The molecule has 0 aliphatic carbocycles. The summed E-state index contributed by atoms with van der Waals surface area (Å²) in [5.41, 5.74) is 2.80.